The fourth-order valence-corrected chi connectivity index (χ4v) is 6.66. The van der Waals surface area contributed by atoms with Gasteiger partial charge in [0, 0.05) is 57.5 Å². The van der Waals surface area contributed by atoms with Gasteiger partial charge >= 0.3 is 0 Å². The molecule has 0 aliphatic rings. The largest absolute Gasteiger partial charge is 0.455 e. The second-order valence-electron chi connectivity index (χ2n) is 11.4. The average molecular weight is 575 g/mol. The van der Waals surface area contributed by atoms with Crippen LogP contribution in [0, 0.1) is 0 Å². The van der Waals surface area contributed by atoms with Crippen molar-refractivity contribution in [1.29, 1.82) is 0 Å². The zero-order valence-corrected chi connectivity index (χ0v) is 24.3. The van der Waals surface area contributed by atoms with Gasteiger partial charge in [-0.15, -0.1) is 0 Å². The molecule has 0 fully saturated rings. The minimum absolute atomic E-state index is 0.857. The Balaban J connectivity index is 1.58. The Morgan fingerprint density at radius 2 is 0.800 bits per heavy atom. The molecule has 0 radical (unpaired) electrons. The van der Waals surface area contributed by atoms with Crippen LogP contribution in [0.5, 0.6) is 0 Å². The predicted molar refractivity (Wildman–Crippen MR) is 188 cm³/mol. The SMILES string of the molecule is c1cncc(-c2ccc3c4ccc(-c5cccnc5)cc4c4ccc5ccccc5c4oc4c5ccccc5ccc4c3c2)c1. The molecule has 0 amide bonds. The molecule has 9 aromatic rings. The standard InChI is InChI=1S/C42H26N2O/c1-3-11-33-27(7-1)13-19-37-39-23-29(31-9-5-21-43-25-31)15-17-35(39)36-18-16-30(32-10-6-22-44-26-32)24-40(36)38-20-14-28-8-2-4-12-34(28)42(38)45-41(33)37/h1-26H. The van der Waals surface area contributed by atoms with Crippen LogP contribution in [0.4, 0.5) is 0 Å². The molecule has 0 aliphatic heterocycles. The van der Waals surface area contributed by atoms with Crippen LogP contribution < -0.4 is 0 Å². The third kappa shape index (κ3) is 4.21. The van der Waals surface area contributed by atoms with E-state index in [2.05, 4.69) is 131 Å². The zero-order valence-electron chi connectivity index (χ0n) is 24.3. The molecule has 6 aromatic carbocycles. The summed E-state index contributed by atoms with van der Waals surface area (Å²) in [5.74, 6) is 0. The maximum atomic E-state index is 7.27. The number of pyridine rings is 2. The Hall–Kier alpha value is -6.06. The molecule has 3 aromatic heterocycles. The smallest absolute Gasteiger partial charge is 0.143 e. The van der Waals surface area contributed by atoms with E-state index in [1.165, 1.54) is 0 Å². The van der Waals surface area contributed by atoms with E-state index in [0.717, 1.165) is 87.3 Å². The average Bonchev–Trinajstić information content (AvgIpc) is 3.17. The predicted octanol–water partition coefficient (Wildman–Crippen LogP) is 11.4. The van der Waals surface area contributed by atoms with Crippen molar-refractivity contribution in [2.45, 2.75) is 0 Å². The summed E-state index contributed by atoms with van der Waals surface area (Å²) in [6.45, 7) is 0. The van der Waals surface area contributed by atoms with Crippen molar-refractivity contribution in [3.8, 4) is 22.3 Å². The number of fused-ring (bicyclic) bond motifs is 11. The molecule has 3 heterocycles. The van der Waals surface area contributed by atoms with Gasteiger partial charge in [-0.25, -0.2) is 0 Å². The van der Waals surface area contributed by atoms with Crippen LogP contribution in [0.1, 0.15) is 0 Å². The highest BCUT2D eigenvalue weighted by molar-refractivity contribution is 6.24. The first-order valence-corrected chi connectivity index (χ1v) is 15.1. The van der Waals surface area contributed by atoms with Gasteiger partial charge in [0.2, 0.25) is 0 Å². The number of aromatic nitrogens is 2. The molecule has 0 spiro atoms. The Morgan fingerprint density at radius 1 is 0.333 bits per heavy atom. The summed E-state index contributed by atoms with van der Waals surface area (Å²) in [5, 5.41) is 11.1. The molecule has 0 saturated carbocycles. The first-order chi connectivity index (χ1) is 22.3. The Labute approximate surface area is 259 Å². The summed E-state index contributed by atoms with van der Waals surface area (Å²) in [6, 6.07) is 47.5. The van der Waals surface area contributed by atoms with Gasteiger partial charge in [0.05, 0.1) is 0 Å². The molecule has 210 valence electrons. The molecule has 0 saturated heterocycles. The van der Waals surface area contributed by atoms with Crippen LogP contribution in [-0.2, 0) is 0 Å². The lowest BCUT2D eigenvalue weighted by atomic mass is 9.95. The molecule has 0 aliphatic carbocycles. The number of hydrogen-bond acceptors (Lipinski definition) is 3. The van der Waals surface area contributed by atoms with Crippen LogP contribution in [-0.4, -0.2) is 9.97 Å². The van der Waals surface area contributed by atoms with Crippen LogP contribution in [0.25, 0.3) is 87.3 Å². The van der Waals surface area contributed by atoms with Crippen molar-refractivity contribution in [2.24, 2.45) is 0 Å². The molecule has 3 nitrogen and oxygen atoms in total. The fourth-order valence-electron chi connectivity index (χ4n) is 6.66. The summed E-state index contributed by atoms with van der Waals surface area (Å²) in [6.07, 6.45) is 7.47. The van der Waals surface area contributed by atoms with Crippen LogP contribution in [0.3, 0.4) is 0 Å². The normalized spacial score (nSPS) is 11.6. The molecule has 9 rings (SSSR count). The molecule has 45 heavy (non-hydrogen) atoms. The van der Waals surface area contributed by atoms with Gasteiger partial charge in [0.15, 0.2) is 0 Å². The van der Waals surface area contributed by atoms with E-state index in [1.807, 2.05) is 36.9 Å². The lowest BCUT2D eigenvalue weighted by Gasteiger charge is -2.09. The number of rotatable bonds is 2. The van der Waals surface area contributed by atoms with Crippen molar-refractivity contribution < 1.29 is 4.42 Å². The number of benzene rings is 6. The molecule has 0 N–H and O–H groups in total. The van der Waals surface area contributed by atoms with Crippen molar-refractivity contribution in [3.05, 3.63) is 158 Å². The second kappa shape index (κ2) is 10.3. The van der Waals surface area contributed by atoms with Gasteiger partial charge in [-0.05, 0) is 79.8 Å². The quantitative estimate of drug-likeness (QED) is 0.206. The molecular weight excluding hydrogens is 548 g/mol. The van der Waals surface area contributed by atoms with E-state index in [4.69, 9.17) is 4.42 Å². The lowest BCUT2D eigenvalue weighted by Crippen LogP contribution is -1.84. The van der Waals surface area contributed by atoms with Crippen molar-refractivity contribution in [1.82, 2.24) is 9.97 Å². The number of hydrogen-bond donors (Lipinski definition) is 0. The van der Waals surface area contributed by atoms with E-state index in [-0.39, 0.29) is 0 Å². The van der Waals surface area contributed by atoms with E-state index >= 15 is 0 Å². The molecule has 0 atom stereocenters. The minimum Gasteiger partial charge on any atom is -0.455 e. The maximum Gasteiger partial charge on any atom is 0.143 e. The number of nitrogens with zero attached hydrogens (tertiary/aromatic N) is 2. The van der Waals surface area contributed by atoms with Crippen LogP contribution in [0.2, 0.25) is 0 Å². The van der Waals surface area contributed by atoms with Crippen molar-refractivity contribution >= 4 is 65.0 Å². The Kier molecular flexibility index (Phi) is 5.82. The highest BCUT2D eigenvalue weighted by atomic mass is 16.3. The zero-order chi connectivity index (χ0) is 29.7. The van der Waals surface area contributed by atoms with E-state index in [0.29, 0.717) is 0 Å². The third-order valence-electron chi connectivity index (χ3n) is 8.86. The molecule has 0 unspecified atom stereocenters. The van der Waals surface area contributed by atoms with Crippen molar-refractivity contribution in [2.75, 3.05) is 0 Å². The van der Waals surface area contributed by atoms with Gasteiger partial charge < -0.3 is 4.42 Å². The van der Waals surface area contributed by atoms with Crippen molar-refractivity contribution in [3.63, 3.8) is 0 Å². The summed E-state index contributed by atoms with van der Waals surface area (Å²) >= 11 is 0. The van der Waals surface area contributed by atoms with E-state index < -0.39 is 0 Å². The molecular formula is C42H26N2O. The minimum atomic E-state index is 0.857. The Morgan fingerprint density at radius 3 is 1.27 bits per heavy atom. The summed E-state index contributed by atoms with van der Waals surface area (Å²) in [5.41, 5.74) is 6.08. The van der Waals surface area contributed by atoms with E-state index in [1.54, 1.807) is 0 Å². The van der Waals surface area contributed by atoms with Gasteiger partial charge in [-0.2, -0.15) is 0 Å². The van der Waals surface area contributed by atoms with E-state index in [9.17, 15) is 0 Å². The molecule has 3 heteroatoms. The third-order valence-corrected chi connectivity index (χ3v) is 8.86. The highest BCUT2D eigenvalue weighted by Gasteiger charge is 2.13. The first kappa shape index (κ1) is 25.4. The monoisotopic (exact) mass is 574 g/mol. The van der Waals surface area contributed by atoms with Gasteiger partial charge in [0.25, 0.3) is 0 Å². The van der Waals surface area contributed by atoms with Gasteiger partial charge in [-0.3, -0.25) is 9.97 Å². The van der Waals surface area contributed by atoms with Crippen LogP contribution in [0.15, 0.2) is 163 Å². The maximum absolute atomic E-state index is 7.27. The lowest BCUT2D eigenvalue weighted by molar-refractivity contribution is 0.671. The summed E-state index contributed by atoms with van der Waals surface area (Å²) < 4.78 is 7.27. The topological polar surface area (TPSA) is 38.9 Å². The first-order valence-electron chi connectivity index (χ1n) is 15.1. The highest BCUT2D eigenvalue weighted by Crippen LogP contribution is 2.39. The van der Waals surface area contributed by atoms with Gasteiger partial charge in [-0.1, -0.05) is 97.1 Å². The molecule has 0 bridgehead atoms. The summed E-state index contributed by atoms with van der Waals surface area (Å²) in [7, 11) is 0. The second-order valence-corrected chi connectivity index (χ2v) is 11.4. The Bertz CT molecular complexity index is 2460. The summed E-state index contributed by atoms with van der Waals surface area (Å²) in [4.78, 5) is 8.82. The van der Waals surface area contributed by atoms with Gasteiger partial charge in [0.1, 0.15) is 11.2 Å². The van der Waals surface area contributed by atoms with Crippen LogP contribution >= 0.6 is 0 Å². The fraction of sp³-hybridized carbons (Fsp3) is 0.